The number of aromatic nitrogens is 2. The third kappa shape index (κ3) is 5.32. The summed E-state index contributed by atoms with van der Waals surface area (Å²) in [6.45, 7) is 3.28. The SMILES string of the molecule is CCOC(=O)CNC(=O)N1CCc2c(c(COCc3cccc(F)c3)nn2C)C1. The second kappa shape index (κ2) is 9.51. The number of hydrogen-bond acceptors (Lipinski definition) is 5. The maximum atomic E-state index is 13.3. The van der Waals surface area contributed by atoms with E-state index in [1.54, 1.807) is 24.0 Å². The van der Waals surface area contributed by atoms with Gasteiger partial charge in [0.2, 0.25) is 0 Å². The van der Waals surface area contributed by atoms with Crippen molar-refractivity contribution in [2.45, 2.75) is 33.1 Å². The lowest BCUT2D eigenvalue weighted by Gasteiger charge is -2.27. The Balaban J connectivity index is 1.59. The lowest BCUT2D eigenvalue weighted by atomic mass is 10.1. The molecule has 0 aliphatic carbocycles. The lowest BCUT2D eigenvalue weighted by molar-refractivity contribution is -0.141. The van der Waals surface area contributed by atoms with Crippen molar-refractivity contribution in [1.29, 1.82) is 0 Å². The van der Waals surface area contributed by atoms with Gasteiger partial charge in [-0.25, -0.2) is 9.18 Å². The van der Waals surface area contributed by atoms with E-state index in [2.05, 4.69) is 10.4 Å². The van der Waals surface area contributed by atoms with Gasteiger partial charge in [0.05, 0.1) is 32.1 Å². The number of halogens is 1. The molecule has 1 aromatic heterocycles. The Labute approximate surface area is 168 Å². The van der Waals surface area contributed by atoms with Crippen molar-refractivity contribution in [1.82, 2.24) is 20.0 Å². The molecule has 0 saturated carbocycles. The molecule has 2 aromatic rings. The molecule has 3 rings (SSSR count). The molecule has 0 unspecified atom stereocenters. The standard InChI is InChI=1S/C20H25FN4O4/c1-3-29-19(26)10-22-20(27)25-8-7-18-16(11-25)17(23-24(18)2)13-28-12-14-5-4-6-15(21)9-14/h4-6,9H,3,7-8,10-13H2,1-2H3,(H,22,27). The minimum Gasteiger partial charge on any atom is -0.465 e. The van der Waals surface area contributed by atoms with Crippen LogP contribution in [0.4, 0.5) is 9.18 Å². The molecule has 1 aromatic carbocycles. The molecule has 1 N–H and O–H groups in total. The van der Waals surface area contributed by atoms with Crippen molar-refractivity contribution in [3.8, 4) is 0 Å². The van der Waals surface area contributed by atoms with Gasteiger partial charge in [-0.15, -0.1) is 0 Å². The van der Waals surface area contributed by atoms with Gasteiger partial charge in [0, 0.05) is 31.3 Å². The van der Waals surface area contributed by atoms with E-state index in [9.17, 15) is 14.0 Å². The Bertz CT molecular complexity index is 883. The van der Waals surface area contributed by atoms with Crippen molar-refractivity contribution in [3.05, 3.63) is 52.6 Å². The predicted molar refractivity (Wildman–Crippen MR) is 102 cm³/mol. The largest absolute Gasteiger partial charge is 0.465 e. The number of amides is 2. The average Bonchev–Trinajstić information content (AvgIpc) is 3.01. The van der Waals surface area contributed by atoms with Gasteiger partial charge >= 0.3 is 12.0 Å². The molecule has 1 aliphatic heterocycles. The molecule has 8 nitrogen and oxygen atoms in total. The van der Waals surface area contributed by atoms with Crippen molar-refractivity contribution < 1.29 is 23.5 Å². The molecule has 9 heteroatoms. The van der Waals surface area contributed by atoms with Crippen LogP contribution in [0.1, 0.15) is 29.4 Å². The van der Waals surface area contributed by atoms with Crippen LogP contribution in [-0.4, -0.2) is 46.4 Å². The number of benzene rings is 1. The lowest BCUT2D eigenvalue weighted by Crippen LogP contribution is -2.44. The number of nitrogens with one attached hydrogen (secondary N) is 1. The Kier molecular flexibility index (Phi) is 6.82. The van der Waals surface area contributed by atoms with E-state index >= 15 is 0 Å². The maximum Gasteiger partial charge on any atom is 0.325 e. The summed E-state index contributed by atoms with van der Waals surface area (Å²) in [6.07, 6.45) is 0.662. The van der Waals surface area contributed by atoms with E-state index < -0.39 is 5.97 Å². The van der Waals surface area contributed by atoms with Crippen LogP contribution in [0.2, 0.25) is 0 Å². The number of hydrogen-bond donors (Lipinski definition) is 1. The first kappa shape index (κ1) is 20.8. The van der Waals surface area contributed by atoms with Gasteiger partial charge in [0.25, 0.3) is 0 Å². The third-order valence-corrected chi connectivity index (χ3v) is 4.70. The Hall–Kier alpha value is -2.94. The summed E-state index contributed by atoms with van der Waals surface area (Å²) in [6, 6.07) is 5.94. The fourth-order valence-corrected chi connectivity index (χ4v) is 3.32. The fraction of sp³-hybridized carbons (Fsp3) is 0.450. The zero-order valence-electron chi connectivity index (χ0n) is 16.6. The Morgan fingerprint density at radius 2 is 2.14 bits per heavy atom. The molecular weight excluding hydrogens is 379 g/mol. The molecule has 156 valence electrons. The summed E-state index contributed by atoms with van der Waals surface area (Å²) in [7, 11) is 1.87. The highest BCUT2D eigenvalue weighted by Crippen LogP contribution is 2.23. The monoisotopic (exact) mass is 404 g/mol. The first-order valence-electron chi connectivity index (χ1n) is 9.52. The van der Waals surface area contributed by atoms with Crippen LogP contribution >= 0.6 is 0 Å². The van der Waals surface area contributed by atoms with Gasteiger partial charge in [-0.2, -0.15) is 5.10 Å². The molecule has 2 heterocycles. The van der Waals surface area contributed by atoms with E-state index in [0.717, 1.165) is 22.5 Å². The number of urea groups is 1. The van der Waals surface area contributed by atoms with Crippen molar-refractivity contribution in [2.75, 3.05) is 19.7 Å². The van der Waals surface area contributed by atoms with Crippen LogP contribution in [0, 0.1) is 5.82 Å². The third-order valence-electron chi connectivity index (χ3n) is 4.70. The van der Waals surface area contributed by atoms with Gasteiger partial charge in [-0.3, -0.25) is 9.48 Å². The van der Waals surface area contributed by atoms with E-state index in [-0.39, 0.29) is 38.2 Å². The van der Waals surface area contributed by atoms with Gasteiger partial charge in [-0.05, 0) is 24.6 Å². The minimum atomic E-state index is -0.466. The molecule has 0 atom stereocenters. The minimum absolute atomic E-state index is 0.160. The molecule has 0 spiro atoms. The number of carbonyl (C=O) groups excluding carboxylic acids is 2. The van der Waals surface area contributed by atoms with Gasteiger partial charge in [-0.1, -0.05) is 12.1 Å². The Morgan fingerprint density at radius 3 is 2.90 bits per heavy atom. The highest BCUT2D eigenvalue weighted by Gasteiger charge is 2.26. The molecule has 0 fully saturated rings. The highest BCUT2D eigenvalue weighted by molar-refractivity contribution is 5.81. The summed E-state index contributed by atoms with van der Waals surface area (Å²) in [5.41, 5.74) is 3.50. The second-order valence-electron chi connectivity index (χ2n) is 6.75. The van der Waals surface area contributed by atoms with Crippen LogP contribution in [0.25, 0.3) is 0 Å². The maximum absolute atomic E-state index is 13.3. The van der Waals surface area contributed by atoms with Gasteiger partial charge < -0.3 is 19.7 Å². The number of carbonyl (C=O) groups is 2. The second-order valence-corrected chi connectivity index (χ2v) is 6.75. The first-order valence-corrected chi connectivity index (χ1v) is 9.52. The summed E-state index contributed by atoms with van der Waals surface area (Å²) >= 11 is 0. The number of ether oxygens (including phenoxy) is 2. The summed E-state index contributed by atoms with van der Waals surface area (Å²) in [5, 5.41) is 7.10. The number of aryl methyl sites for hydroxylation is 1. The van der Waals surface area contributed by atoms with Gasteiger partial charge in [0.1, 0.15) is 12.4 Å². The zero-order chi connectivity index (χ0) is 20.8. The van der Waals surface area contributed by atoms with Crippen molar-refractivity contribution in [3.63, 3.8) is 0 Å². The van der Waals surface area contributed by atoms with E-state index in [1.165, 1.54) is 12.1 Å². The fourth-order valence-electron chi connectivity index (χ4n) is 3.32. The zero-order valence-corrected chi connectivity index (χ0v) is 16.6. The quantitative estimate of drug-likeness (QED) is 0.713. The molecular formula is C20H25FN4O4. The normalized spacial score (nSPS) is 13.1. The summed E-state index contributed by atoms with van der Waals surface area (Å²) in [5.74, 6) is -0.767. The van der Waals surface area contributed by atoms with Gasteiger partial charge in [0.15, 0.2) is 0 Å². The van der Waals surface area contributed by atoms with E-state index in [4.69, 9.17) is 9.47 Å². The molecule has 29 heavy (non-hydrogen) atoms. The average molecular weight is 404 g/mol. The van der Waals surface area contributed by atoms with E-state index in [0.29, 0.717) is 19.5 Å². The number of rotatable bonds is 7. The summed E-state index contributed by atoms with van der Waals surface area (Å²) < 4.78 is 25.6. The highest BCUT2D eigenvalue weighted by atomic mass is 19.1. The first-order chi connectivity index (χ1) is 14.0. The van der Waals surface area contributed by atoms with E-state index in [1.807, 2.05) is 11.7 Å². The van der Waals surface area contributed by atoms with Crippen molar-refractivity contribution >= 4 is 12.0 Å². The molecule has 0 radical (unpaired) electrons. The smallest absolute Gasteiger partial charge is 0.325 e. The summed E-state index contributed by atoms with van der Waals surface area (Å²) in [4.78, 5) is 25.5. The molecule has 2 amide bonds. The molecule has 1 aliphatic rings. The van der Waals surface area contributed by atoms with Crippen LogP contribution < -0.4 is 5.32 Å². The van der Waals surface area contributed by atoms with Crippen molar-refractivity contribution in [2.24, 2.45) is 7.05 Å². The molecule has 0 bridgehead atoms. The number of fused-ring (bicyclic) bond motifs is 1. The van der Waals surface area contributed by atoms with Crippen LogP contribution in [-0.2, 0) is 47.5 Å². The van der Waals surface area contributed by atoms with Crippen LogP contribution in [0.15, 0.2) is 24.3 Å². The predicted octanol–water partition coefficient (Wildman–Crippen LogP) is 1.91. The molecule has 0 saturated heterocycles. The van der Waals surface area contributed by atoms with Crippen LogP contribution in [0.5, 0.6) is 0 Å². The van der Waals surface area contributed by atoms with Crippen LogP contribution in [0.3, 0.4) is 0 Å². The topological polar surface area (TPSA) is 85.7 Å². The number of esters is 1. The number of nitrogens with zero attached hydrogens (tertiary/aromatic N) is 3. The Morgan fingerprint density at radius 1 is 1.31 bits per heavy atom.